The molecular formula is C15H19N5O. The second-order valence-corrected chi connectivity index (χ2v) is 6.08. The quantitative estimate of drug-likeness (QED) is 0.858. The summed E-state index contributed by atoms with van der Waals surface area (Å²) in [7, 11) is 0. The largest absolute Gasteiger partial charge is 0.381 e. The van der Waals surface area contributed by atoms with E-state index in [0.717, 1.165) is 55.9 Å². The molecule has 4 rings (SSSR count). The first-order chi connectivity index (χ1) is 10.3. The lowest BCUT2D eigenvalue weighted by atomic mass is 9.80. The van der Waals surface area contributed by atoms with Gasteiger partial charge in [0.1, 0.15) is 5.52 Å². The van der Waals surface area contributed by atoms with E-state index in [0.29, 0.717) is 11.4 Å². The molecule has 0 aliphatic carbocycles. The number of nitrogens with zero attached hydrogens (tertiary/aromatic N) is 4. The van der Waals surface area contributed by atoms with Crippen LogP contribution in [-0.4, -0.2) is 41.3 Å². The van der Waals surface area contributed by atoms with Gasteiger partial charge in [-0.25, -0.2) is 15.0 Å². The zero-order chi connectivity index (χ0) is 14.3. The summed E-state index contributed by atoms with van der Waals surface area (Å²) in [6.45, 7) is 3.82. The topological polar surface area (TPSA) is 77.2 Å². The second-order valence-electron chi connectivity index (χ2n) is 6.08. The van der Waals surface area contributed by atoms with E-state index >= 15 is 0 Å². The molecule has 1 spiro atoms. The monoisotopic (exact) mass is 285 g/mol. The SMILES string of the molecule is Nc1ncc2ccnc(N3CCC4(CCOCC4)C3)c2n1. The molecule has 21 heavy (non-hydrogen) atoms. The normalized spacial score (nSPS) is 21.2. The van der Waals surface area contributed by atoms with Crippen molar-refractivity contribution in [2.75, 3.05) is 36.9 Å². The summed E-state index contributed by atoms with van der Waals surface area (Å²) < 4.78 is 5.51. The Bertz CT molecular complexity index is 668. The van der Waals surface area contributed by atoms with E-state index in [1.54, 1.807) is 6.20 Å². The maximum Gasteiger partial charge on any atom is 0.220 e. The van der Waals surface area contributed by atoms with Crippen LogP contribution in [0.1, 0.15) is 19.3 Å². The molecule has 2 aromatic rings. The van der Waals surface area contributed by atoms with Crippen molar-refractivity contribution in [3.8, 4) is 0 Å². The molecule has 6 nitrogen and oxygen atoms in total. The van der Waals surface area contributed by atoms with Crippen LogP contribution in [0.25, 0.3) is 10.9 Å². The zero-order valence-corrected chi connectivity index (χ0v) is 12.0. The second kappa shape index (κ2) is 4.80. The third-order valence-corrected chi connectivity index (χ3v) is 4.79. The molecule has 2 aliphatic rings. The molecule has 0 atom stereocenters. The van der Waals surface area contributed by atoms with Gasteiger partial charge >= 0.3 is 0 Å². The molecule has 2 aromatic heterocycles. The number of hydrogen-bond donors (Lipinski definition) is 1. The standard InChI is InChI=1S/C15H19N5O/c16-14-18-9-11-1-5-17-13(12(11)19-14)20-6-2-15(10-20)3-7-21-8-4-15/h1,5,9H,2-4,6-8,10H2,(H2,16,18,19). The molecule has 2 saturated heterocycles. The lowest BCUT2D eigenvalue weighted by Gasteiger charge is -2.33. The predicted molar refractivity (Wildman–Crippen MR) is 81.1 cm³/mol. The number of nitrogens with two attached hydrogens (primary N) is 1. The highest BCUT2D eigenvalue weighted by molar-refractivity contribution is 5.88. The first-order valence-electron chi connectivity index (χ1n) is 7.46. The fourth-order valence-electron chi connectivity index (χ4n) is 3.52. The van der Waals surface area contributed by atoms with Gasteiger partial charge < -0.3 is 15.4 Å². The minimum Gasteiger partial charge on any atom is -0.381 e. The predicted octanol–water partition coefficient (Wildman–Crippen LogP) is 1.61. The van der Waals surface area contributed by atoms with Crippen molar-refractivity contribution in [1.29, 1.82) is 0 Å². The molecule has 0 radical (unpaired) electrons. The number of nitrogen functional groups attached to an aromatic ring is 1. The Morgan fingerprint density at radius 2 is 2.05 bits per heavy atom. The van der Waals surface area contributed by atoms with Gasteiger partial charge in [-0.1, -0.05) is 0 Å². The molecule has 2 N–H and O–H groups in total. The molecular weight excluding hydrogens is 266 g/mol. The van der Waals surface area contributed by atoms with Crippen LogP contribution in [-0.2, 0) is 4.74 Å². The Morgan fingerprint density at radius 3 is 2.90 bits per heavy atom. The number of aromatic nitrogens is 3. The van der Waals surface area contributed by atoms with Crippen molar-refractivity contribution in [2.24, 2.45) is 5.41 Å². The maximum absolute atomic E-state index is 5.74. The number of fused-ring (bicyclic) bond motifs is 1. The van der Waals surface area contributed by atoms with Crippen LogP contribution in [0.3, 0.4) is 0 Å². The van der Waals surface area contributed by atoms with E-state index in [-0.39, 0.29) is 0 Å². The Kier molecular flexibility index (Phi) is 2.92. The Hall–Kier alpha value is -1.95. The van der Waals surface area contributed by atoms with Crippen LogP contribution >= 0.6 is 0 Å². The lowest BCUT2D eigenvalue weighted by Crippen LogP contribution is -2.33. The van der Waals surface area contributed by atoms with E-state index in [1.165, 1.54) is 6.42 Å². The van der Waals surface area contributed by atoms with Crippen molar-refractivity contribution in [1.82, 2.24) is 15.0 Å². The highest BCUT2D eigenvalue weighted by Gasteiger charge is 2.40. The third-order valence-electron chi connectivity index (χ3n) is 4.79. The number of anilines is 2. The van der Waals surface area contributed by atoms with Crippen LogP contribution in [0.5, 0.6) is 0 Å². The number of hydrogen-bond acceptors (Lipinski definition) is 6. The van der Waals surface area contributed by atoms with Crippen molar-refractivity contribution >= 4 is 22.7 Å². The molecule has 0 unspecified atom stereocenters. The van der Waals surface area contributed by atoms with E-state index in [4.69, 9.17) is 10.5 Å². The van der Waals surface area contributed by atoms with Gasteiger partial charge in [-0.15, -0.1) is 0 Å². The summed E-state index contributed by atoms with van der Waals surface area (Å²) in [6, 6.07) is 1.93. The third kappa shape index (κ3) is 2.19. The minimum absolute atomic E-state index is 0.303. The smallest absolute Gasteiger partial charge is 0.220 e. The summed E-state index contributed by atoms with van der Waals surface area (Å²) >= 11 is 0. The Labute approximate surface area is 123 Å². The van der Waals surface area contributed by atoms with Crippen molar-refractivity contribution in [2.45, 2.75) is 19.3 Å². The van der Waals surface area contributed by atoms with Gasteiger partial charge in [0, 0.05) is 44.1 Å². The van der Waals surface area contributed by atoms with Crippen LogP contribution in [0.4, 0.5) is 11.8 Å². The molecule has 2 fully saturated rings. The lowest BCUT2D eigenvalue weighted by molar-refractivity contribution is 0.0254. The van der Waals surface area contributed by atoms with Crippen LogP contribution in [0, 0.1) is 5.41 Å². The average molecular weight is 285 g/mol. The van der Waals surface area contributed by atoms with E-state index < -0.39 is 0 Å². The van der Waals surface area contributed by atoms with Crippen molar-refractivity contribution in [3.05, 3.63) is 18.5 Å². The molecule has 6 heteroatoms. The van der Waals surface area contributed by atoms with Gasteiger partial charge in [0.2, 0.25) is 5.95 Å². The highest BCUT2D eigenvalue weighted by Crippen LogP contribution is 2.41. The van der Waals surface area contributed by atoms with E-state index in [1.807, 2.05) is 12.3 Å². The number of pyridine rings is 1. The number of ether oxygens (including phenoxy) is 1. The molecule has 0 bridgehead atoms. The maximum atomic E-state index is 5.74. The van der Waals surface area contributed by atoms with Crippen LogP contribution in [0.15, 0.2) is 18.5 Å². The summed E-state index contributed by atoms with van der Waals surface area (Å²) in [5.41, 5.74) is 6.99. The summed E-state index contributed by atoms with van der Waals surface area (Å²) in [5, 5.41) is 0.988. The van der Waals surface area contributed by atoms with Crippen LogP contribution in [0.2, 0.25) is 0 Å². The zero-order valence-electron chi connectivity index (χ0n) is 12.0. The van der Waals surface area contributed by atoms with Gasteiger partial charge in [-0.05, 0) is 30.7 Å². The average Bonchev–Trinajstić information content (AvgIpc) is 2.91. The molecule has 2 aliphatic heterocycles. The minimum atomic E-state index is 0.303. The molecule has 4 heterocycles. The fraction of sp³-hybridized carbons (Fsp3) is 0.533. The molecule has 0 amide bonds. The van der Waals surface area contributed by atoms with Gasteiger partial charge in [-0.2, -0.15) is 0 Å². The van der Waals surface area contributed by atoms with Gasteiger partial charge in [0.25, 0.3) is 0 Å². The summed E-state index contributed by atoms with van der Waals surface area (Å²) in [6.07, 6.45) is 7.08. The Balaban J connectivity index is 1.69. The fourth-order valence-corrected chi connectivity index (χ4v) is 3.52. The van der Waals surface area contributed by atoms with Crippen molar-refractivity contribution in [3.63, 3.8) is 0 Å². The molecule has 0 aromatic carbocycles. The molecule has 110 valence electrons. The van der Waals surface area contributed by atoms with Gasteiger partial charge in [0.05, 0.1) is 0 Å². The first kappa shape index (κ1) is 12.8. The van der Waals surface area contributed by atoms with E-state index in [2.05, 4.69) is 19.9 Å². The van der Waals surface area contributed by atoms with E-state index in [9.17, 15) is 0 Å². The first-order valence-corrected chi connectivity index (χ1v) is 7.46. The van der Waals surface area contributed by atoms with Crippen molar-refractivity contribution < 1.29 is 4.74 Å². The Morgan fingerprint density at radius 1 is 1.19 bits per heavy atom. The highest BCUT2D eigenvalue weighted by atomic mass is 16.5. The molecule has 0 saturated carbocycles. The van der Waals surface area contributed by atoms with Crippen LogP contribution < -0.4 is 10.6 Å². The van der Waals surface area contributed by atoms with Gasteiger partial charge in [0.15, 0.2) is 5.82 Å². The summed E-state index contributed by atoms with van der Waals surface area (Å²) in [5.74, 6) is 1.24. The van der Waals surface area contributed by atoms with Gasteiger partial charge in [-0.3, -0.25) is 0 Å². The number of rotatable bonds is 1. The summed E-state index contributed by atoms with van der Waals surface area (Å²) in [4.78, 5) is 15.4.